The Balaban J connectivity index is 2.24. The van der Waals surface area contributed by atoms with E-state index in [1.54, 1.807) is 13.2 Å². The maximum atomic E-state index is 12.0. The molecule has 0 bridgehead atoms. The average Bonchev–Trinajstić information content (AvgIpc) is 3.15. The second-order valence-electron chi connectivity index (χ2n) is 4.76. The minimum Gasteiger partial charge on any atom is -0.374 e. The molecule has 0 aromatic heterocycles. The lowest BCUT2D eigenvalue weighted by Gasteiger charge is -2.45. The highest BCUT2D eigenvalue weighted by atomic mass is 16.6. The van der Waals surface area contributed by atoms with Crippen LogP contribution >= 0.6 is 0 Å². The van der Waals surface area contributed by atoms with Crippen molar-refractivity contribution in [3.63, 3.8) is 0 Å². The van der Waals surface area contributed by atoms with E-state index in [0.29, 0.717) is 26.1 Å². The maximum Gasteiger partial charge on any atom is 0.164 e. The molecule has 2 rings (SSSR count). The summed E-state index contributed by atoms with van der Waals surface area (Å²) < 4.78 is 22.1. The molecule has 0 aromatic carbocycles. The minimum absolute atomic E-state index is 0.0441. The number of hydrogen-bond donors (Lipinski definition) is 0. The summed E-state index contributed by atoms with van der Waals surface area (Å²) in [5.41, 5.74) is -1.28. The Morgan fingerprint density at radius 1 is 1.56 bits per heavy atom. The first-order valence-electron chi connectivity index (χ1n) is 6.09. The standard InChI is InChI=1S/C13H20O5/c1-4-7-17-9-13(16-3)11(15-2)10(14)5-6-12(13)8-18-12/h4,11H,1,5-9H2,2-3H3/t11-,12+,13-/m1/s1. The smallest absolute Gasteiger partial charge is 0.164 e. The van der Waals surface area contributed by atoms with E-state index in [0.717, 1.165) is 0 Å². The molecule has 0 radical (unpaired) electrons. The normalized spacial score (nSPS) is 39.0. The lowest BCUT2D eigenvalue weighted by atomic mass is 9.72. The number of carbonyl (C=O) groups excluding carboxylic acids is 1. The Bertz CT molecular complexity index is 336. The summed E-state index contributed by atoms with van der Waals surface area (Å²) in [6.07, 6.45) is 2.15. The van der Waals surface area contributed by atoms with Crippen LogP contribution in [0.3, 0.4) is 0 Å². The van der Waals surface area contributed by atoms with Gasteiger partial charge in [0.15, 0.2) is 11.4 Å². The molecule has 1 heterocycles. The minimum atomic E-state index is -0.847. The molecular formula is C13H20O5. The topological polar surface area (TPSA) is 57.3 Å². The molecule has 1 aliphatic heterocycles. The Kier molecular flexibility index (Phi) is 3.87. The van der Waals surface area contributed by atoms with Crippen molar-refractivity contribution in [2.75, 3.05) is 34.0 Å². The predicted octanol–water partition coefficient (Wildman–Crippen LogP) is 0.721. The Labute approximate surface area is 107 Å². The maximum absolute atomic E-state index is 12.0. The van der Waals surface area contributed by atoms with E-state index in [-0.39, 0.29) is 12.4 Å². The lowest BCUT2D eigenvalue weighted by Crippen LogP contribution is -2.65. The Hall–Kier alpha value is -0.750. The van der Waals surface area contributed by atoms with Gasteiger partial charge < -0.3 is 18.9 Å². The van der Waals surface area contributed by atoms with Gasteiger partial charge in [0.1, 0.15) is 11.7 Å². The lowest BCUT2D eigenvalue weighted by molar-refractivity contribution is -0.201. The largest absolute Gasteiger partial charge is 0.374 e. The fraction of sp³-hybridized carbons (Fsp3) is 0.769. The molecule has 2 aliphatic rings. The Morgan fingerprint density at radius 3 is 2.78 bits per heavy atom. The highest BCUT2D eigenvalue weighted by Gasteiger charge is 2.69. The van der Waals surface area contributed by atoms with Crippen molar-refractivity contribution in [3.05, 3.63) is 12.7 Å². The fourth-order valence-corrected chi connectivity index (χ4v) is 2.82. The summed E-state index contributed by atoms with van der Waals surface area (Å²) in [5.74, 6) is 0.0441. The van der Waals surface area contributed by atoms with E-state index in [1.165, 1.54) is 7.11 Å². The van der Waals surface area contributed by atoms with E-state index in [2.05, 4.69) is 6.58 Å². The van der Waals surface area contributed by atoms with Crippen LogP contribution in [-0.4, -0.2) is 57.1 Å². The van der Waals surface area contributed by atoms with E-state index in [1.807, 2.05) is 0 Å². The summed E-state index contributed by atoms with van der Waals surface area (Å²) in [5, 5.41) is 0. The van der Waals surface area contributed by atoms with Crippen molar-refractivity contribution in [2.45, 2.75) is 30.1 Å². The van der Waals surface area contributed by atoms with Gasteiger partial charge in [-0.05, 0) is 6.42 Å². The van der Waals surface area contributed by atoms with Crippen LogP contribution in [0.1, 0.15) is 12.8 Å². The predicted molar refractivity (Wildman–Crippen MR) is 64.5 cm³/mol. The molecule has 0 N–H and O–H groups in total. The zero-order valence-corrected chi connectivity index (χ0v) is 10.9. The molecule has 5 heteroatoms. The first-order chi connectivity index (χ1) is 8.65. The number of epoxide rings is 1. The summed E-state index contributed by atoms with van der Waals surface area (Å²) in [4.78, 5) is 12.0. The van der Waals surface area contributed by atoms with Crippen molar-refractivity contribution in [1.29, 1.82) is 0 Å². The van der Waals surface area contributed by atoms with Crippen LogP contribution in [0.2, 0.25) is 0 Å². The van der Waals surface area contributed by atoms with Crippen molar-refractivity contribution < 1.29 is 23.7 Å². The summed E-state index contributed by atoms with van der Waals surface area (Å²) in [7, 11) is 3.09. The van der Waals surface area contributed by atoms with Crippen molar-refractivity contribution in [2.24, 2.45) is 0 Å². The van der Waals surface area contributed by atoms with E-state index >= 15 is 0 Å². The Morgan fingerprint density at radius 2 is 2.28 bits per heavy atom. The van der Waals surface area contributed by atoms with Gasteiger partial charge in [0.2, 0.25) is 0 Å². The van der Waals surface area contributed by atoms with E-state index in [9.17, 15) is 4.79 Å². The van der Waals surface area contributed by atoms with Gasteiger partial charge in [0.05, 0.1) is 19.8 Å². The molecule has 0 aromatic rings. The van der Waals surface area contributed by atoms with Gasteiger partial charge in [-0.15, -0.1) is 6.58 Å². The summed E-state index contributed by atoms with van der Waals surface area (Å²) >= 11 is 0. The fourth-order valence-electron chi connectivity index (χ4n) is 2.82. The molecule has 0 unspecified atom stereocenters. The van der Waals surface area contributed by atoms with Crippen LogP contribution < -0.4 is 0 Å². The zero-order chi connectivity index (χ0) is 13.2. The molecule has 3 atom stereocenters. The van der Waals surface area contributed by atoms with Gasteiger partial charge in [-0.1, -0.05) is 6.08 Å². The summed E-state index contributed by atoms with van der Waals surface area (Å²) in [6.45, 7) is 4.86. The van der Waals surface area contributed by atoms with Gasteiger partial charge in [-0.2, -0.15) is 0 Å². The third-order valence-corrected chi connectivity index (χ3v) is 3.91. The van der Waals surface area contributed by atoms with Crippen LogP contribution in [-0.2, 0) is 23.7 Å². The first-order valence-corrected chi connectivity index (χ1v) is 6.09. The van der Waals surface area contributed by atoms with Gasteiger partial charge in [-0.3, -0.25) is 4.79 Å². The number of carbonyl (C=O) groups is 1. The van der Waals surface area contributed by atoms with Gasteiger partial charge in [0, 0.05) is 20.6 Å². The molecule has 1 saturated heterocycles. The highest BCUT2D eigenvalue weighted by Crippen LogP contribution is 2.50. The summed E-state index contributed by atoms with van der Waals surface area (Å²) in [6, 6.07) is 0. The molecule has 1 aliphatic carbocycles. The molecule has 5 nitrogen and oxygen atoms in total. The SMILES string of the molecule is C=CCOC[C@@]1(OC)[C@H](OC)C(=O)CC[C@]12CO2. The molecule has 18 heavy (non-hydrogen) atoms. The van der Waals surface area contributed by atoms with E-state index in [4.69, 9.17) is 18.9 Å². The monoisotopic (exact) mass is 256 g/mol. The van der Waals surface area contributed by atoms with Crippen molar-refractivity contribution in [3.8, 4) is 0 Å². The number of ketones is 1. The molecule has 1 saturated carbocycles. The van der Waals surface area contributed by atoms with Crippen molar-refractivity contribution in [1.82, 2.24) is 0 Å². The third kappa shape index (κ3) is 1.91. The van der Waals surface area contributed by atoms with Gasteiger partial charge >= 0.3 is 0 Å². The number of Topliss-reactive ketones (excluding diaryl/α,β-unsaturated/α-hetero) is 1. The molecule has 0 amide bonds. The second kappa shape index (κ2) is 5.09. The number of ether oxygens (including phenoxy) is 4. The zero-order valence-electron chi connectivity index (χ0n) is 10.9. The highest BCUT2D eigenvalue weighted by molar-refractivity contribution is 5.86. The number of methoxy groups -OCH3 is 2. The number of rotatable bonds is 6. The molecular weight excluding hydrogens is 236 g/mol. The van der Waals surface area contributed by atoms with Crippen LogP contribution in [0.25, 0.3) is 0 Å². The molecule has 102 valence electrons. The first kappa shape index (κ1) is 13.7. The van der Waals surface area contributed by atoms with Crippen LogP contribution in [0.4, 0.5) is 0 Å². The third-order valence-electron chi connectivity index (χ3n) is 3.91. The number of hydrogen-bond acceptors (Lipinski definition) is 5. The van der Waals surface area contributed by atoms with Gasteiger partial charge in [0.25, 0.3) is 0 Å². The van der Waals surface area contributed by atoms with Crippen LogP contribution in [0.5, 0.6) is 0 Å². The average molecular weight is 256 g/mol. The quantitative estimate of drug-likeness (QED) is 0.398. The van der Waals surface area contributed by atoms with Crippen LogP contribution in [0, 0.1) is 0 Å². The van der Waals surface area contributed by atoms with Gasteiger partial charge in [-0.25, -0.2) is 0 Å². The molecule has 1 spiro atoms. The van der Waals surface area contributed by atoms with Crippen LogP contribution in [0.15, 0.2) is 12.7 Å². The molecule has 2 fully saturated rings. The van der Waals surface area contributed by atoms with Crippen molar-refractivity contribution >= 4 is 5.78 Å². The van der Waals surface area contributed by atoms with E-state index < -0.39 is 17.3 Å². The second-order valence-corrected chi connectivity index (χ2v) is 4.76.